The first-order valence-corrected chi connectivity index (χ1v) is 8.76. The minimum atomic E-state index is -0.398. The summed E-state index contributed by atoms with van der Waals surface area (Å²) in [5, 5.41) is 0. The first-order valence-electron chi connectivity index (χ1n) is 8.76. The molecule has 1 rings (SSSR count). The topological polar surface area (TPSA) is 52.6 Å². The molecule has 1 heterocycles. The van der Waals surface area contributed by atoms with Crippen molar-refractivity contribution in [1.29, 1.82) is 0 Å². The summed E-state index contributed by atoms with van der Waals surface area (Å²) in [6.45, 7) is 6.71. The average Bonchev–Trinajstić information content (AvgIpc) is 2.90. The number of esters is 2. The Labute approximate surface area is 135 Å². The van der Waals surface area contributed by atoms with Gasteiger partial charge in [-0.3, -0.25) is 9.59 Å². The predicted octanol–water partition coefficient (Wildman–Crippen LogP) is 4.79. The second-order valence-corrected chi connectivity index (χ2v) is 6.22. The first-order chi connectivity index (χ1) is 10.5. The summed E-state index contributed by atoms with van der Waals surface area (Å²) in [7, 11) is 1.84. The summed E-state index contributed by atoms with van der Waals surface area (Å²) < 4.78 is 9.62. The Balaban J connectivity index is 0.000000518. The normalized spacial score (nSPS) is 16.7. The molecule has 0 aromatic rings. The van der Waals surface area contributed by atoms with E-state index in [2.05, 4.69) is 25.5 Å². The fraction of sp³-hybridized carbons (Fsp3) is 0.889. The monoisotopic (exact) mass is 314 g/mol. The Kier molecular flexibility index (Phi) is 12.1. The van der Waals surface area contributed by atoms with Gasteiger partial charge in [0.05, 0.1) is 18.4 Å². The van der Waals surface area contributed by atoms with Crippen LogP contribution in [-0.4, -0.2) is 24.6 Å². The van der Waals surface area contributed by atoms with Crippen molar-refractivity contribution in [2.24, 2.45) is 0 Å². The summed E-state index contributed by atoms with van der Waals surface area (Å²) in [5.74, 6) is -0.796. The molecule has 0 saturated carbocycles. The molecule has 0 spiro atoms. The molecule has 4 heteroatoms. The zero-order valence-corrected chi connectivity index (χ0v) is 14.9. The zero-order valence-electron chi connectivity index (χ0n) is 14.9. The van der Waals surface area contributed by atoms with Crippen molar-refractivity contribution in [3.63, 3.8) is 0 Å². The first kappa shape index (κ1) is 21.1. The van der Waals surface area contributed by atoms with E-state index in [0.717, 1.165) is 6.42 Å². The molecular weight excluding hydrogens is 280 g/mol. The Hall–Kier alpha value is -0.900. The van der Waals surface area contributed by atoms with Gasteiger partial charge in [-0.15, -0.1) is 0 Å². The standard InChI is InChI=1S/C14H30O.C4H4O3/c1-5-7-8-9-10-11-12-13-14(3,6-2)15-4;5-3-1-2-4(6)7-3/h5-13H2,1-4H3;1-2H2. The van der Waals surface area contributed by atoms with Gasteiger partial charge in [-0.25, -0.2) is 0 Å². The van der Waals surface area contributed by atoms with Crippen LogP contribution in [0.25, 0.3) is 0 Å². The lowest BCUT2D eigenvalue weighted by Crippen LogP contribution is -2.25. The quantitative estimate of drug-likeness (QED) is 0.330. The Morgan fingerprint density at radius 2 is 1.45 bits per heavy atom. The van der Waals surface area contributed by atoms with E-state index >= 15 is 0 Å². The van der Waals surface area contributed by atoms with Crippen LogP contribution < -0.4 is 0 Å². The van der Waals surface area contributed by atoms with Gasteiger partial charge in [0.2, 0.25) is 0 Å². The number of carbonyl (C=O) groups excluding carboxylic acids is 2. The van der Waals surface area contributed by atoms with E-state index in [1.54, 1.807) is 0 Å². The SMILES string of the molecule is CCCCCCCCCC(C)(CC)OC.O=C1CCC(=O)O1. The second kappa shape index (κ2) is 12.6. The third-order valence-electron chi connectivity index (χ3n) is 4.31. The van der Waals surface area contributed by atoms with E-state index in [-0.39, 0.29) is 18.4 Å². The van der Waals surface area contributed by atoms with E-state index in [9.17, 15) is 9.59 Å². The Morgan fingerprint density at radius 1 is 0.955 bits per heavy atom. The van der Waals surface area contributed by atoms with Crippen LogP contribution in [0.4, 0.5) is 0 Å². The van der Waals surface area contributed by atoms with Crippen LogP contribution in [0, 0.1) is 0 Å². The molecule has 1 aliphatic rings. The maximum atomic E-state index is 10.0. The van der Waals surface area contributed by atoms with Crippen molar-refractivity contribution in [2.75, 3.05) is 7.11 Å². The highest BCUT2D eigenvalue weighted by Crippen LogP contribution is 2.22. The maximum absolute atomic E-state index is 10.0. The molecule has 1 atom stereocenters. The summed E-state index contributed by atoms with van der Waals surface area (Å²) in [5.41, 5.74) is 0.128. The smallest absolute Gasteiger partial charge is 0.314 e. The molecule has 1 unspecified atom stereocenters. The van der Waals surface area contributed by atoms with Crippen molar-refractivity contribution in [3.8, 4) is 0 Å². The highest BCUT2D eigenvalue weighted by molar-refractivity contribution is 5.92. The molecule has 130 valence electrons. The van der Waals surface area contributed by atoms with Crippen molar-refractivity contribution in [1.82, 2.24) is 0 Å². The number of methoxy groups -OCH3 is 1. The molecular formula is C18H34O4. The number of cyclic esters (lactones) is 2. The lowest BCUT2D eigenvalue weighted by Gasteiger charge is -2.26. The van der Waals surface area contributed by atoms with Crippen LogP contribution in [0.3, 0.4) is 0 Å². The summed E-state index contributed by atoms with van der Waals surface area (Å²) in [4.78, 5) is 20.0. The van der Waals surface area contributed by atoms with Crippen LogP contribution in [0.15, 0.2) is 0 Å². The number of ether oxygens (including phenoxy) is 2. The number of hydrogen-bond acceptors (Lipinski definition) is 4. The van der Waals surface area contributed by atoms with Crippen molar-refractivity contribution in [3.05, 3.63) is 0 Å². The molecule has 0 amide bonds. The van der Waals surface area contributed by atoms with Crippen LogP contribution in [-0.2, 0) is 19.1 Å². The van der Waals surface area contributed by atoms with E-state index < -0.39 is 11.9 Å². The van der Waals surface area contributed by atoms with Gasteiger partial charge in [0, 0.05) is 7.11 Å². The van der Waals surface area contributed by atoms with Crippen LogP contribution in [0.1, 0.15) is 91.4 Å². The Morgan fingerprint density at radius 3 is 1.82 bits per heavy atom. The highest BCUT2D eigenvalue weighted by Gasteiger charge is 2.20. The van der Waals surface area contributed by atoms with Gasteiger partial charge in [0.25, 0.3) is 0 Å². The average molecular weight is 314 g/mol. The highest BCUT2D eigenvalue weighted by atomic mass is 16.6. The van der Waals surface area contributed by atoms with Gasteiger partial charge in [0.1, 0.15) is 0 Å². The van der Waals surface area contributed by atoms with Crippen molar-refractivity contribution in [2.45, 2.75) is 97.0 Å². The van der Waals surface area contributed by atoms with Gasteiger partial charge >= 0.3 is 11.9 Å². The van der Waals surface area contributed by atoms with E-state index in [1.165, 1.54) is 51.4 Å². The van der Waals surface area contributed by atoms with Crippen LogP contribution in [0.5, 0.6) is 0 Å². The van der Waals surface area contributed by atoms with E-state index in [1.807, 2.05) is 7.11 Å². The molecule has 0 aromatic heterocycles. The fourth-order valence-corrected chi connectivity index (χ4v) is 2.31. The molecule has 1 aliphatic heterocycles. The number of unbranched alkanes of at least 4 members (excludes halogenated alkanes) is 6. The maximum Gasteiger partial charge on any atom is 0.314 e. The van der Waals surface area contributed by atoms with E-state index in [4.69, 9.17) is 4.74 Å². The molecule has 0 bridgehead atoms. The number of carbonyl (C=O) groups is 2. The van der Waals surface area contributed by atoms with Crippen molar-refractivity contribution < 1.29 is 19.1 Å². The molecule has 0 aromatic carbocycles. The summed E-state index contributed by atoms with van der Waals surface area (Å²) in [6, 6.07) is 0. The third kappa shape index (κ3) is 10.8. The Bertz CT molecular complexity index is 294. The van der Waals surface area contributed by atoms with Crippen LogP contribution >= 0.6 is 0 Å². The predicted molar refractivity (Wildman–Crippen MR) is 88.6 cm³/mol. The minimum absolute atomic E-state index is 0.128. The molecule has 0 radical (unpaired) electrons. The molecule has 0 N–H and O–H groups in total. The molecule has 22 heavy (non-hydrogen) atoms. The largest absolute Gasteiger partial charge is 0.393 e. The van der Waals surface area contributed by atoms with Crippen molar-refractivity contribution >= 4 is 11.9 Å². The lowest BCUT2D eigenvalue weighted by atomic mass is 9.95. The molecule has 0 aliphatic carbocycles. The number of rotatable bonds is 10. The third-order valence-corrected chi connectivity index (χ3v) is 4.31. The van der Waals surface area contributed by atoms with Gasteiger partial charge in [-0.05, 0) is 19.8 Å². The zero-order chi connectivity index (χ0) is 16.8. The fourth-order valence-electron chi connectivity index (χ4n) is 2.31. The second-order valence-electron chi connectivity index (χ2n) is 6.22. The van der Waals surface area contributed by atoms with Gasteiger partial charge in [-0.2, -0.15) is 0 Å². The molecule has 1 saturated heterocycles. The van der Waals surface area contributed by atoms with Crippen LogP contribution in [0.2, 0.25) is 0 Å². The van der Waals surface area contributed by atoms with E-state index in [0.29, 0.717) is 0 Å². The van der Waals surface area contributed by atoms with Gasteiger partial charge < -0.3 is 9.47 Å². The summed E-state index contributed by atoms with van der Waals surface area (Å²) in [6.07, 6.45) is 12.6. The van der Waals surface area contributed by atoms with Gasteiger partial charge in [-0.1, -0.05) is 58.8 Å². The summed E-state index contributed by atoms with van der Waals surface area (Å²) >= 11 is 0. The minimum Gasteiger partial charge on any atom is -0.393 e. The molecule has 1 fully saturated rings. The van der Waals surface area contributed by atoms with Gasteiger partial charge in [0.15, 0.2) is 0 Å². The molecule has 4 nitrogen and oxygen atoms in total. The lowest BCUT2D eigenvalue weighted by molar-refractivity contribution is -0.151. The number of hydrogen-bond donors (Lipinski definition) is 0.